The third kappa shape index (κ3) is 3.64. The van der Waals surface area contributed by atoms with Crippen molar-refractivity contribution in [2.75, 3.05) is 0 Å². The van der Waals surface area contributed by atoms with Crippen LogP contribution < -0.4 is 0 Å². The molecule has 60 valence electrons. The fourth-order valence-electron chi connectivity index (χ4n) is 0.701. The zero-order chi connectivity index (χ0) is 8.15. The Bertz CT molecular complexity index is 116. The molecule has 2 N–H and O–H groups in total. The average molecular weight is 144 g/mol. The molecule has 0 aromatic rings. The largest absolute Gasteiger partial charge is 0.393 e. The molecule has 0 aromatic carbocycles. The maximum Gasteiger partial charge on any atom is 0.0771 e. The Labute approximate surface area is 62.2 Å². The second-order valence-corrected chi connectivity index (χ2v) is 2.63. The van der Waals surface area contributed by atoms with Crippen LogP contribution in [0.1, 0.15) is 27.2 Å². The topological polar surface area (TPSA) is 40.5 Å². The Morgan fingerprint density at radius 3 is 2.30 bits per heavy atom. The van der Waals surface area contributed by atoms with Gasteiger partial charge in [0.15, 0.2) is 0 Å². The molecule has 0 heterocycles. The van der Waals surface area contributed by atoms with E-state index in [1.807, 2.05) is 19.9 Å². The minimum atomic E-state index is -0.481. The zero-order valence-electron chi connectivity index (χ0n) is 6.83. The Balaban J connectivity index is 3.73. The van der Waals surface area contributed by atoms with Crippen molar-refractivity contribution in [1.82, 2.24) is 0 Å². The second-order valence-electron chi connectivity index (χ2n) is 2.63. The van der Waals surface area contributed by atoms with Crippen LogP contribution in [-0.4, -0.2) is 22.4 Å². The van der Waals surface area contributed by atoms with Gasteiger partial charge in [-0.15, -0.1) is 0 Å². The molecule has 0 bridgehead atoms. The van der Waals surface area contributed by atoms with Crippen molar-refractivity contribution in [2.24, 2.45) is 0 Å². The summed E-state index contributed by atoms with van der Waals surface area (Å²) in [6.07, 6.45) is 1.37. The summed E-state index contributed by atoms with van der Waals surface area (Å²) < 4.78 is 0. The molecule has 2 nitrogen and oxygen atoms in total. The minimum Gasteiger partial charge on any atom is -0.393 e. The molecule has 0 fully saturated rings. The highest BCUT2D eigenvalue weighted by atomic mass is 16.3. The van der Waals surface area contributed by atoms with Gasteiger partial charge in [-0.2, -0.15) is 0 Å². The minimum absolute atomic E-state index is 0.426. The lowest BCUT2D eigenvalue weighted by Gasteiger charge is -2.11. The molecular formula is C8H16O2. The van der Waals surface area contributed by atoms with Crippen LogP contribution in [0.3, 0.4) is 0 Å². The highest BCUT2D eigenvalue weighted by Gasteiger charge is 2.07. The molecule has 2 atom stereocenters. The van der Waals surface area contributed by atoms with Crippen LogP contribution in [0.5, 0.6) is 0 Å². The zero-order valence-corrected chi connectivity index (χ0v) is 6.83. The van der Waals surface area contributed by atoms with Crippen molar-refractivity contribution in [3.63, 3.8) is 0 Å². The van der Waals surface area contributed by atoms with Crippen molar-refractivity contribution >= 4 is 0 Å². The maximum absolute atomic E-state index is 9.26. The van der Waals surface area contributed by atoms with Crippen molar-refractivity contribution in [3.05, 3.63) is 11.6 Å². The first kappa shape index (κ1) is 9.66. The Hall–Kier alpha value is -0.340. The molecule has 0 spiro atoms. The van der Waals surface area contributed by atoms with E-state index in [0.717, 1.165) is 5.57 Å². The van der Waals surface area contributed by atoms with Gasteiger partial charge in [-0.25, -0.2) is 0 Å². The van der Waals surface area contributed by atoms with Gasteiger partial charge in [-0.05, 0) is 26.3 Å². The summed E-state index contributed by atoms with van der Waals surface area (Å²) >= 11 is 0. The van der Waals surface area contributed by atoms with Crippen molar-refractivity contribution in [2.45, 2.75) is 39.4 Å². The monoisotopic (exact) mass is 144 g/mol. The van der Waals surface area contributed by atoms with Gasteiger partial charge in [0.2, 0.25) is 0 Å². The quantitative estimate of drug-likeness (QED) is 0.582. The van der Waals surface area contributed by atoms with Gasteiger partial charge in [-0.1, -0.05) is 6.08 Å². The first-order chi connectivity index (χ1) is 4.57. The number of hydrogen-bond acceptors (Lipinski definition) is 2. The van der Waals surface area contributed by atoms with E-state index < -0.39 is 12.2 Å². The molecule has 2 heteroatoms. The Morgan fingerprint density at radius 2 is 2.00 bits per heavy atom. The van der Waals surface area contributed by atoms with Crippen LogP contribution in [-0.2, 0) is 0 Å². The number of aliphatic hydroxyl groups is 2. The third-order valence-electron chi connectivity index (χ3n) is 1.55. The highest BCUT2D eigenvalue weighted by molar-refractivity contribution is 5.02. The molecule has 0 saturated heterocycles. The molecule has 0 aliphatic heterocycles. The summed E-state index contributed by atoms with van der Waals surface area (Å²) in [5.41, 5.74) is 0.918. The van der Waals surface area contributed by atoms with Crippen LogP contribution >= 0.6 is 0 Å². The number of allylic oxidation sites excluding steroid dienone is 1. The summed E-state index contributed by atoms with van der Waals surface area (Å²) in [5.74, 6) is 0. The Morgan fingerprint density at radius 1 is 1.50 bits per heavy atom. The predicted molar refractivity (Wildman–Crippen MR) is 41.7 cm³/mol. The van der Waals surface area contributed by atoms with E-state index in [4.69, 9.17) is 5.11 Å². The number of hydrogen-bond donors (Lipinski definition) is 2. The van der Waals surface area contributed by atoms with Crippen molar-refractivity contribution in [3.8, 4) is 0 Å². The molecule has 0 aliphatic rings. The molecular weight excluding hydrogens is 128 g/mol. The van der Waals surface area contributed by atoms with E-state index in [9.17, 15) is 5.11 Å². The fourth-order valence-corrected chi connectivity index (χ4v) is 0.701. The summed E-state index contributed by atoms with van der Waals surface area (Å²) in [5, 5.41) is 18.1. The lowest BCUT2D eigenvalue weighted by atomic mass is 10.1. The van der Waals surface area contributed by atoms with Crippen LogP contribution in [0.25, 0.3) is 0 Å². The first-order valence-corrected chi connectivity index (χ1v) is 3.56. The van der Waals surface area contributed by atoms with E-state index in [2.05, 4.69) is 0 Å². The van der Waals surface area contributed by atoms with Crippen LogP contribution in [0, 0.1) is 0 Å². The SMILES string of the molecule is C/C=C(\C)[C@H](O)C[C@H](C)O. The van der Waals surface area contributed by atoms with Gasteiger partial charge < -0.3 is 10.2 Å². The standard InChI is InChI=1S/C8H16O2/c1-4-6(2)8(10)5-7(3)9/h4,7-10H,5H2,1-3H3/b6-4+/t7-,8+/m0/s1. The molecule has 0 radical (unpaired) electrons. The number of rotatable bonds is 3. The Kier molecular flexibility index (Phi) is 4.32. The van der Waals surface area contributed by atoms with E-state index >= 15 is 0 Å². The first-order valence-electron chi connectivity index (χ1n) is 3.56. The highest BCUT2D eigenvalue weighted by Crippen LogP contribution is 2.07. The van der Waals surface area contributed by atoms with Gasteiger partial charge in [0, 0.05) is 6.42 Å². The van der Waals surface area contributed by atoms with Crippen LogP contribution in [0.15, 0.2) is 11.6 Å². The summed E-state index contributed by atoms with van der Waals surface area (Å²) in [7, 11) is 0. The van der Waals surface area contributed by atoms with Crippen LogP contribution in [0.4, 0.5) is 0 Å². The lowest BCUT2D eigenvalue weighted by molar-refractivity contribution is 0.110. The normalized spacial score (nSPS) is 18.7. The van der Waals surface area contributed by atoms with Gasteiger partial charge in [0.05, 0.1) is 12.2 Å². The molecule has 0 amide bonds. The summed E-state index contributed by atoms with van der Waals surface area (Å²) in [6.45, 7) is 5.40. The second kappa shape index (κ2) is 4.47. The fraction of sp³-hybridized carbons (Fsp3) is 0.750. The van der Waals surface area contributed by atoms with Crippen LogP contribution in [0.2, 0.25) is 0 Å². The van der Waals surface area contributed by atoms with Crippen molar-refractivity contribution in [1.29, 1.82) is 0 Å². The van der Waals surface area contributed by atoms with E-state index in [0.29, 0.717) is 6.42 Å². The molecule has 0 rings (SSSR count). The molecule has 10 heavy (non-hydrogen) atoms. The molecule has 0 saturated carbocycles. The molecule has 0 unspecified atom stereocenters. The third-order valence-corrected chi connectivity index (χ3v) is 1.55. The lowest BCUT2D eigenvalue weighted by Crippen LogP contribution is -2.15. The smallest absolute Gasteiger partial charge is 0.0771 e. The number of aliphatic hydroxyl groups excluding tert-OH is 2. The van der Waals surface area contributed by atoms with Gasteiger partial charge >= 0.3 is 0 Å². The average Bonchev–Trinajstić information content (AvgIpc) is 1.85. The van der Waals surface area contributed by atoms with Gasteiger partial charge in [0.1, 0.15) is 0 Å². The summed E-state index contributed by atoms with van der Waals surface area (Å²) in [4.78, 5) is 0. The van der Waals surface area contributed by atoms with E-state index in [-0.39, 0.29) is 0 Å². The van der Waals surface area contributed by atoms with E-state index in [1.54, 1.807) is 6.92 Å². The summed E-state index contributed by atoms with van der Waals surface area (Å²) in [6, 6.07) is 0. The maximum atomic E-state index is 9.26. The predicted octanol–water partition coefficient (Wildman–Crippen LogP) is 1.08. The van der Waals surface area contributed by atoms with Crippen molar-refractivity contribution < 1.29 is 10.2 Å². The van der Waals surface area contributed by atoms with Gasteiger partial charge in [0.25, 0.3) is 0 Å². The molecule has 0 aromatic heterocycles. The molecule has 0 aliphatic carbocycles. The van der Waals surface area contributed by atoms with Gasteiger partial charge in [-0.3, -0.25) is 0 Å². The van der Waals surface area contributed by atoms with E-state index in [1.165, 1.54) is 0 Å².